The van der Waals surface area contributed by atoms with E-state index in [4.69, 9.17) is 0 Å². The topological polar surface area (TPSA) is 69.1 Å². The van der Waals surface area contributed by atoms with Crippen LogP contribution < -0.4 is 6.15 Å². The number of ketones is 1. The zero-order chi connectivity index (χ0) is 6.69. The molecule has 10 heavy (non-hydrogen) atoms. The number of Topliss-reactive ketones (excluding diaryl/α,β-unsaturated/α-hetero) is 1. The lowest BCUT2D eigenvalue weighted by molar-refractivity contribution is -0.128. The van der Waals surface area contributed by atoms with E-state index in [1.54, 1.807) is 0 Å². The fourth-order valence-electron chi connectivity index (χ4n) is 1.15. The van der Waals surface area contributed by atoms with Crippen LogP contribution >= 0.6 is 0 Å². The van der Waals surface area contributed by atoms with Gasteiger partial charge < -0.3 is 10.9 Å². The molecule has 1 aliphatic rings. The van der Waals surface area contributed by atoms with Crippen LogP contribution in [-0.2, 0) is 9.59 Å². The van der Waals surface area contributed by atoms with Gasteiger partial charge in [0.25, 0.3) is 0 Å². The Morgan fingerprint density at radius 3 is 2.50 bits per heavy atom. The monoisotopic (exact) mass is 143 g/mol. The van der Waals surface area contributed by atoms with E-state index in [0.717, 1.165) is 25.5 Å². The van der Waals surface area contributed by atoms with Gasteiger partial charge in [-0.15, -0.1) is 0 Å². The quantitative estimate of drug-likeness (QED) is 0.441. The van der Waals surface area contributed by atoms with Crippen molar-refractivity contribution in [3.05, 3.63) is 0 Å². The van der Waals surface area contributed by atoms with Crippen molar-refractivity contribution in [2.75, 3.05) is 0 Å². The predicted octanol–water partition coefficient (Wildman–Crippen LogP) is 1.11. The van der Waals surface area contributed by atoms with E-state index in [2.05, 4.69) is 0 Å². The molecule has 1 aliphatic carbocycles. The summed E-state index contributed by atoms with van der Waals surface area (Å²) < 4.78 is 0. The second-order valence-corrected chi connectivity index (χ2v) is 2.45. The molecule has 0 amide bonds. The molecule has 0 heterocycles. The van der Waals surface area contributed by atoms with Crippen LogP contribution in [0.15, 0.2) is 0 Å². The molecule has 0 aliphatic heterocycles. The van der Waals surface area contributed by atoms with Gasteiger partial charge in [0.15, 0.2) is 0 Å². The molecule has 1 atom stereocenters. The van der Waals surface area contributed by atoms with E-state index in [1.165, 1.54) is 0 Å². The fraction of sp³-hybridized carbons (Fsp3) is 0.714. The van der Waals surface area contributed by atoms with Crippen molar-refractivity contribution in [2.45, 2.75) is 25.7 Å². The van der Waals surface area contributed by atoms with Crippen molar-refractivity contribution in [1.82, 2.24) is 6.15 Å². The minimum absolute atomic E-state index is 0. The number of carbonyl (C=O) groups is 2. The largest absolute Gasteiger partial charge is 0.344 e. The molecule has 1 saturated carbocycles. The van der Waals surface area contributed by atoms with Gasteiger partial charge in [-0.1, -0.05) is 6.42 Å². The molecule has 1 fully saturated rings. The number of rotatable bonds is 1. The molecule has 0 bridgehead atoms. The Hall–Kier alpha value is -0.700. The van der Waals surface area contributed by atoms with Crippen LogP contribution in [0.4, 0.5) is 0 Å². The maximum atomic E-state index is 10.8. The maximum absolute atomic E-state index is 10.8. The average molecular weight is 143 g/mol. The van der Waals surface area contributed by atoms with Crippen molar-refractivity contribution in [3.8, 4) is 0 Å². The predicted molar refractivity (Wildman–Crippen MR) is 38.1 cm³/mol. The first-order chi connectivity index (χ1) is 4.34. The van der Waals surface area contributed by atoms with Gasteiger partial charge in [0.2, 0.25) is 0 Å². The summed E-state index contributed by atoms with van der Waals surface area (Å²) in [5, 5.41) is 0. The van der Waals surface area contributed by atoms with Crippen molar-refractivity contribution in [1.29, 1.82) is 0 Å². The number of aldehydes is 1. The molecule has 0 spiro atoms. The first kappa shape index (κ1) is 9.30. The van der Waals surface area contributed by atoms with Crippen LogP contribution in [0, 0.1) is 5.92 Å². The zero-order valence-electron chi connectivity index (χ0n) is 6.01. The summed E-state index contributed by atoms with van der Waals surface area (Å²) in [4.78, 5) is 20.9. The maximum Gasteiger partial charge on any atom is 0.143 e. The Balaban J connectivity index is 0.000000810. The molecule has 3 nitrogen and oxygen atoms in total. The van der Waals surface area contributed by atoms with Gasteiger partial charge in [0, 0.05) is 6.42 Å². The van der Waals surface area contributed by atoms with Gasteiger partial charge in [-0.3, -0.25) is 4.79 Å². The minimum Gasteiger partial charge on any atom is -0.344 e. The van der Waals surface area contributed by atoms with Crippen LogP contribution in [0.2, 0.25) is 0 Å². The smallest absolute Gasteiger partial charge is 0.143 e. The van der Waals surface area contributed by atoms with Crippen LogP contribution in [-0.4, -0.2) is 12.1 Å². The lowest BCUT2D eigenvalue weighted by atomic mass is 9.89. The third kappa shape index (κ3) is 1.92. The summed E-state index contributed by atoms with van der Waals surface area (Å²) in [6, 6.07) is 0. The number of hydrogen-bond donors (Lipinski definition) is 1. The molecule has 3 N–H and O–H groups in total. The highest BCUT2D eigenvalue weighted by Crippen LogP contribution is 2.17. The SMILES string of the molecule is N.O=CC1CCCCC1=O. The molecule has 0 aromatic rings. The van der Waals surface area contributed by atoms with Gasteiger partial charge in [-0.2, -0.15) is 0 Å². The molecular formula is C7H13NO2. The Bertz CT molecular complexity index is 134. The summed E-state index contributed by atoms with van der Waals surface area (Å²) >= 11 is 0. The average Bonchev–Trinajstić information content (AvgIpc) is 1.89. The van der Waals surface area contributed by atoms with E-state index >= 15 is 0 Å². The van der Waals surface area contributed by atoms with Crippen molar-refractivity contribution in [3.63, 3.8) is 0 Å². The molecule has 58 valence electrons. The van der Waals surface area contributed by atoms with Crippen LogP contribution in [0.1, 0.15) is 25.7 Å². The normalized spacial score (nSPS) is 25.2. The molecule has 1 unspecified atom stereocenters. The number of hydrogen-bond acceptors (Lipinski definition) is 3. The Morgan fingerprint density at radius 2 is 2.10 bits per heavy atom. The van der Waals surface area contributed by atoms with Crippen LogP contribution in [0.25, 0.3) is 0 Å². The summed E-state index contributed by atoms with van der Waals surface area (Å²) in [5.41, 5.74) is 0. The standard InChI is InChI=1S/C7H10O2.H3N/c8-5-6-3-1-2-4-7(6)9;/h5-6H,1-4H2;1H3. The van der Waals surface area contributed by atoms with Crippen molar-refractivity contribution in [2.24, 2.45) is 5.92 Å². The molecule has 0 saturated heterocycles. The molecule has 1 rings (SSSR count). The highest BCUT2D eigenvalue weighted by atomic mass is 16.1. The lowest BCUT2D eigenvalue weighted by Gasteiger charge is -2.13. The second kappa shape index (κ2) is 4.17. The Labute approximate surface area is 60.4 Å². The van der Waals surface area contributed by atoms with Gasteiger partial charge in [0.1, 0.15) is 12.1 Å². The van der Waals surface area contributed by atoms with Crippen molar-refractivity contribution >= 4 is 12.1 Å². The molecule has 0 aromatic heterocycles. The van der Waals surface area contributed by atoms with Gasteiger partial charge >= 0.3 is 0 Å². The summed E-state index contributed by atoms with van der Waals surface area (Å²) in [5.74, 6) is -0.130. The zero-order valence-corrected chi connectivity index (χ0v) is 6.01. The molecule has 0 radical (unpaired) electrons. The van der Waals surface area contributed by atoms with Gasteiger partial charge in [-0.05, 0) is 12.8 Å². The Morgan fingerprint density at radius 1 is 1.40 bits per heavy atom. The van der Waals surface area contributed by atoms with Crippen LogP contribution in [0.3, 0.4) is 0 Å². The first-order valence-corrected chi connectivity index (χ1v) is 3.32. The van der Waals surface area contributed by atoms with Gasteiger partial charge in [0.05, 0.1) is 5.92 Å². The highest BCUT2D eigenvalue weighted by molar-refractivity contribution is 5.93. The summed E-state index contributed by atoms with van der Waals surface area (Å²) in [6.07, 6.45) is 4.19. The summed E-state index contributed by atoms with van der Waals surface area (Å²) in [6.45, 7) is 0. The van der Waals surface area contributed by atoms with E-state index in [-0.39, 0.29) is 17.9 Å². The van der Waals surface area contributed by atoms with E-state index in [0.29, 0.717) is 6.42 Å². The number of carbonyl (C=O) groups excluding carboxylic acids is 2. The van der Waals surface area contributed by atoms with E-state index < -0.39 is 0 Å². The van der Waals surface area contributed by atoms with Crippen LogP contribution in [0.5, 0.6) is 0 Å². The fourth-order valence-corrected chi connectivity index (χ4v) is 1.15. The highest BCUT2D eigenvalue weighted by Gasteiger charge is 2.20. The minimum atomic E-state index is -0.265. The van der Waals surface area contributed by atoms with Crippen molar-refractivity contribution < 1.29 is 9.59 Å². The van der Waals surface area contributed by atoms with Gasteiger partial charge in [-0.25, -0.2) is 0 Å². The summed E-state index contributed by atoms with van der Waals surface area (Å²) in [7, 11) is 0. The molecule has 3 heteroatoms. The molecular weight excluding hydrogens is 130 g/mol. The third-order valence-electron chi connectivity index (χ3n) is 1.77. The van der Waals surface area contributed by atoms with E-state index in [9.17, 15) is 9.59 Å². The van der Waals surface area contributed by atoms with E-state index in [1.807, 2.05) is 0 Å². The Kier molecular flexibility index (Phi) is 3.88. The first-order valence-electron chi connectivity index (χ1n) is 3.32. The molecule has 0 aromatic carbocycles. The third-order valence-corrected chi connectivity index (χ3v) is 1.77. The lowest BCUT2D eigenvalue weighted by Crippen LogP contribution is -2.19. The second-order valence-electron chi connectivity index (χ2n) is 2.45.